The summed E-state index contributed by atoms with van der Waals surface area (Å²) in [5.41, 5.74) is 1.25. The summed E-state index contributed by atoms with van der Waals surface area (Å²) < 4.78 is 5.49. The number of nitrogens with one attached hydrogen (secondary N) is 2. The zero-order chi connectivity index (χ0) is 13.9. The molecule has 0 radical (unpaired) electrons. The minimum Gasteiger partial charge on any atom is -0.375 e. The van der Waals surface area contributed by atoms with Crippen molar-refractivity contribution in [3.05, 3.63) is 15.6 Å². The largest absolute Gasteiger partial charge is 0.375 e. The number of rotatable bonds is 3. The predicted octanol–water partition coefficient (Wildman–Crippen LogP) is 1.01. The van der Waals surface area contributed by atoms with E-state index in [0.29, 0.717) is 13.2 Å². The summed E-state index contributed by atoms with van der Waals surface area (Å²) in [6.07, 6.45) is 4.67. The quantitative estimate of drug-likeness (QED) is 0.874. The van der Waals surface area contributed by atoms with Gasteiger partial charge in [-0.2, -0.15) is 0 Å². The zero-order valence-corrected chi connectivity index (χ0v) is 12.6. The van der Waals surface area contributed by atoms with E-state index in [1.165, 1.54) is 23.4 Å². The number of ether oxygens (including phenoxy) is 1. The Kier molecular flexibility index (Phi) is 4.33. The Balaban J connectivity index is 1.56. The van der Waals surface area contributed by atoms with Crippen LogP contribution in [-0.4, -0.2) is 36.2 Å². The first-order valence-electron chi connectivity index (χ1n) is 7.34. The van der Waals surface area contributed by atoms with E-state index in [1.807, 2.05) is 6.92 Å². The van der Waals surface area contributed by atoms with Crippen molar-refractivity contribution in [1.29, 1.82) is 0 Å². The number of hydrogen-bond acceptors (Lipinski definition) is 5. The van der Waals surface area contributed by atoms with Crippen molar-refractivity contribution in [2.24, 2.45) is 0 Å². The number of aryl methyl sites for hydroxylation is 2. The van der Waals surface area contributed by atoms with E-state index < -0.39 is 0 Å². The normalized spacial score (nSPS) is 26.1. The molecule has 2 atom stereocenters. The third-order valence-electron chi connectivity index (χ3n) is 3.90. The van der Waals surface area contributed by atoms with Crippen LogP contribution in [0.1, 0.15) is 35.3 Å². The van der Waals surface area contributed by atoms with Crippen LogP contribution in [-0.2, 0) is 28.9 Å². The number of carbonyl (C=O) groups is 1. The van der Waals surface area contributed by atoms with E-state index in [-0.39, 0.29) is 18.1 Å². The van der Waals surface area contributed by atoms with Crippen molar-refractivity contribution in [3.63, 3.8) is 0 Å². The molecule has 0 bridgehead atoms. The molecule has 20 heavy (non-hydrogen) atoms. The maximum absolute atomic E-state index is 12.1. The van der Waals surface area contributed by atoms with Crippen LogP contribution in [0, 0.1) is 0 Å². The fourth-order valence-corrected chi connectivity index (χ4v) is 3.88. The topological polar surface area (TPSA) is 63.2 Å². The lowest BCUT2D eigenvalue weighted by Gasteiger charge is -2.29. The van der Waals surface area contributed by atoms with Gasteiger partial charge in [-0.25, -0.2) is 4.98 Å². The maximum atomic E-state index is 12.1. The molecule has 5 nitrogen and oxygen atoms in total. The first-order chi connectivity index (χ1) is 9.74. The molecule has 2 aliphatic rings. The first kappa shape index (κ1) is 14.0. The summed E-state index contributed by atoms with van der Waals surface area (Å²) >= 11 is 1.75. The predicted molar refractivity (Wildman–Crippen MR) is 77.8 cm³/mol. The number of carbonyl (C=O) groups excluding carboxylic acids is 1. The summed E-state index contributed by atoms with van der Waals surface area (Å²) in [6, 6.07) is -0.252. The monoisotopic (exact) mass is 295 g/mol. The number of thiazole rings is 1. The molecule has 2 heterocycles. The van der Waals surface area contributed by atoms with Crippen LogP contribution >= 0.6 is 11.3 Å². The molecule has 1 saturated heterocycles. The number of morpholine rings is 1. The highest BCUT2D eigenvalue weighted by Crippen LogP contribution is 2.26. The molecule has 1 amide bonds. The number of hydrogen-bond donors (Lipinski definition) is 2. The molecular formula is C14H21N3O2S. The molecule has 1 fully saturated rings. The van der Waals surface area contributed by atoms with Gasteiger partial charge in [-0.3, -0.25) is 4.79 Å². The second-order valence-electron chi connectivity index (χ2n) is 5.41. The SMILES string of the molecule is C[C@H]1OCCN[C@@H]1C(=O)NCc1nc2c(s1)CCCC2. The van der Waals surface area contributed by atoms with Crippen molar-refractivity contribution in [2.45, 2.75) is 51.3 Å². The van der Waals surface area contributed by atoms with Gasteiger partial charge >= 0.3 is 0 Å². The summed E-state index contributed by atoms with van der Waals surface area (Å²) in [4.78, 5) is 18.2. The van der Waals surface area contributed by atoms with Crippen LogP contribution in [0.2, 0.25) is 0 Å². The van der Waals surface area contributed by atoms with E-state index in [4.69, 9.17) is 4.74 Å². The van der Waals surface area contributed by atoms with E-state index in [2.05, 4.69) is 15.6 Å². The number of aromatic nitrogens is 1. The molecule has 0 saturated carbocycles. The van der Waals surface area contributed by atoms with E-state index in [0.717, 1.165) is 24.4 Å². The Morgan fingerprint density at radius 2 is 2.35 bits per heavy atom. The Bertz CT molecular complexity index is 465. The van der Waals surface area contributed by atoms with Crippen molar-refractivity contribution < 1.29 is 9.53 Å². The van der Waals surface area contributed by atoms with E-state index >= 15 is 0 Å². The first-order valence-corrected chi connectivity index (χ1v) is 8.16. The second-order valence-corrected chi connectivity index (χ2v) is 6.58. The molecule has 6 heteroatoms. The Morgan fingerprint density at radius 1 is 1.50 bits per heavy atom. The van der Waals surface area contributed by atoms with Crippen molar-refractivity contribution in [1.82, 2.24) is 15.6 Å². The lowest BCUT2D eigenvalue weighted by atomic mass is 10.0. The van der Waals surface area contributed by atoms with Gasteiger partial charge in [0.15, 0.2) is 0 Å². The molecule has 0 aromatic carbocycles. The highest BCUT2D eigenvalue weighted by molar-refractivity contribution is 7.11. The standard InChI is InChI=1S/C14H21N3O2S/c1-9-13(15-6-7-19-9)14(18)16-8-12-17-10-4-2-3-5-11(10)20-12/h9,13,15H,2-8H2,1H3,(H,16,18)/t9-,13+/m1/s1. The van der Waals surface area contributed by atoms with Crippen LogP contribution in [0.3, 0.4) is 0 Å². The fourth-order valence-electron chi connectivity index (χ4n) is 2.78. The zero-order valence-electron chi connectivity index (χ0n) is 11.8. The lowest BCUT2D eigenvalue weighted by molar-refractivity contribution is -0.129. The minimum atomic E-state index is -0.252. The average molecular weight is 295 g/mol. The molecule has 0 spiro atoms. The molecule has 0 unspecified atom stereocenters. The third-order valence-corrected chi connectivity index (χ3v) is 5.06. The van der Waals surface area contributed by atoms with Gasteiger partial charge in [0.05, 0.1) is 24.9 Å². The van der Waals surface area contributed by atoms with E-state index in [9.17, 15) is 4.79 Å². The molecular weight excluding hydrogens is 274 g/mol. The number of amides is 1. The molecule has 1 aliphatic carbocycles. The van der Waals surface area contributed by atoms with Crippen molar-refractivity contribution in [3.8, 4) is 0 Å². The van der Waals surface area contributed by atoms with Crippen LogP contribution in [0.4, 0.5) is 0 Å². The van der Waals surface area contributed by atoms with Gasteiger partial charge in [-0.1, -0.05) is 0 Å². The Labute approximate surface area is 123 Å². The van der Waals surface area contributed by atoms with Gasteiger partial charge in [-0.05, 0) is 32.6 Å². The van der Waals surface area contributed by atoms with Gasteiger partial charge in [0.25, 0.3) is 0 Å². The summed E-state index contributed by atoms with van der Waals surface area (Å²) in [5, 5.41) is 7.20. The van der Waals surface area contributed by atoms with Crippen LogP contribution < -0.4 is 10.6 Å². The van der Waals surface area contributed by atoms with E-state index in [1.54, 1.807) is 11.3 Å². The summed E-state index contributed by atoms with van der Waals surface area (Å²) in [5.74, 6) is 0.00497. The molecule has 3 rings (SSSR count). The van der Waals surface area contributed by atoms with Gasteiger partial charge in [0.2, 0.25) is 5.91 Å². The molecule has 1 aromatic heterocycles. The second kappa shape index (κ2) is 6.20. The molecule has 1 aliphatic heterocycles. The smallest absolute Gasteiger partial charge is 0.240 e. The summed E-state index contributed by atoms with van der Waals surface area (Å²) in [7, 11) is 0. The minimum absolute atomic E-state index is 0.00497. The van der Waals surface area contributed by atoms with Gasteiger partial charge in [0.1, 0.15) is 11.0 Å². The third kappa shape index (κ3) is 3.02. The molecule has 110 valence electrons. The average Bonchev–Trinajstić information content (AvgIpc) is 2.88. The Hall–Kier alpha value is -0.980. The Morgan fingerprint density at radius 3 is 3.15 bits per heavy atom. The lowest BCUT2D eigenvalue weighted by Crippen LogP contribution is -2.55. The fraction of sp³-hybridized carbons (Fsp3) is 0.714. The highest BCUT2D eigenvalue weighted by Gasteiger charge is 2.28. The highest BCUT2D eigenvalue weighted by atomic mass is 32.1. The molecule has 1 aromatic rings. The number of nitrogens with zero attached hydrogens (tertiary/aromatic N) is 1. The van der Waals surface area contributed by atoms with Crippen LogP contribution in [0.5, 0.6) is 0 Å². The van der Waals surface area contributed by atoms with Gasteiger partial charge < -0.3 is 15.4 Å². The summed E-state index contributed by atoms with van der Waals surface area (Å²) in [6.45, 7) is 3.86. The van der Waals surface area contributed by atoms with Crippen LogP contribution in [0.15, 0.2) is 0 Å². The van der Waals surface area contributed by atoms with Crippen molar-refractivity contribution in [2.75, 3.05) is 13.2 Å². The number of fused-ring (bicyclic) bond motifs is 1. The van der Waals surface area contributed by atoms with Gasteiger partial charge in [0, 0.05) is 11.4 Å². The van der Waals surface area contributed by atoms with Gasteiger partial charge in [-0.15, -0.1) is 11.3 Å². The van der Waals surface area contributed by atoms with Crippen molar-refractivity contribution >= 4 is 17.2 Å². The maximum Gasteiger partial charge on any atom is 0.240 e. The molecule has 2 N–H and O–H groups in total. The van der Waals surface area contributed by atoms with Crippen LogP contribution in [0.25, 0.3) is 0 Å².